The van der Waals surface area contributed by atoms with Crippen molar-refractivity contribution < 1.29 is 13.2 Å². The summed E-state index contributed by atoms with van der Waals surface area (Å²) < 4.78 is 43.5. The fourth-order valence-electron chi connectivity index (χ4n) is 3.66. The van der Waals surface area contributed by atoms with Gasteiger partial charge in [0.2, 0.25) is 0 Å². The van der Waals surface area contributed by atoms with Crippen molar-refractivity contribution in [3.8, 4) is 11.1 Å². The number of aromatic nitrogens is 4. The summed E-state index contributed by atoms with van der Waals surface area (Å²) in [4.78, 5) is 4.32. The van der Waals surface area contributed by atoms with E-state index in [-0.39, 0.29) is 17.1 Å². The van der Waals surface area contributed by atoms with E-state index in [1.165, 1.54) is 10.5 Å². The van der Waals surface area contributed by atoms with Crippen molar-refractivity contribution >= 4 is 16.6 Å². The summed E-state index contributed by atoms with van der Waals surface area (Å²) in [5, 5.41) is 9.15. The van der Waals surface area contributed by atoms with E-state index in [0.717, 1.165) is 34.7 Å². The quantitative estimate of drug-likeness (QED) is 0.398. The van der Waals surface area contributed by atoms with Crippen molar-refractivity contribution in [2.24, 2.45) is 0 Å². The van der Waals surface area contributed by atoms with Crippen LogP contribution in [0.1, 0.15) is 24.2 Å². The molecule has 0 saturated heterocycles. The molecule has 0 spiro atoms. The third-order valence-electron chi connectivity index (χ3n) is 5.20. The van der Waals surface area contributed by atoms with Crippen LogP contribution < -0.4 is 0 Å². The SMILES string of the molecule is C[C@H](c1ccc2ncccc2c1)c1nnc2c(F)cc(-c3cc(F)cc(F)c3)cn12. The van der Waals surface area contributed by atoms with Gasteiger partial charge in [-0.05, 0) is 47.5 Å². The van der Waals surface area contributed by atoms with Gasteiger partial charge in [-0.25, -0.2) is 13.2 Å². The molecule has 5 aromatic rings. The van der Waals surface area contributed by atoms with Gasteiger partial charge in [0.25, 0.3) is 0 Å². The lowest BCUT2D eigenvalue weighted by Gasteiger charge is -2.12. The summed E-state index contributed by atoms with van der Waals surface area (Å²) in [6.45, 7) is 1.94. The molecule has 2 aromatic carbocycles. The topological polar surface area (TPSA) is 43.1 Å². The molecule has 0 bridgehead atoms. The standard InChI is InChI=1S/C23H15F3N4/c1-13(14-4-5-21-15(7-14)3-2-6-27-21)22-28-29-23-20(26)10-17(12-30(22)23)16-8-18(24)11-19(25)9-16/h2-13H,1H3/t13-/m1/s1. The fourth-order valence-corrected chi connectivity index (χ4v) is 3.66. The van der Waals surface area contributed by atoms with Crippen LogP contribution in [-0.4, -0.2) is 19.6 Å². The van der Waals surface area contributed by atoms with Crippen molar-refractivity contribution in [1.29, 1.82) is 0 Å². The molecule has 0 saturated carbocycles. The van der Waals surface area contributed by atoms with Gasteiger partial charge >= 0.3 is 0 Å². The molecule has 7 heteroatoms. The Morgan fingerprint density at radius 1 is 0.867 bits per heavy atom. The fraction of sp³-hybridized carbons (Fsp3) is 0.0870. The lowest BCUT2D eigenvalue weighted by molar-refractivity contribution is 0.584. The Morgan fingerprint density at radius 3 is 2.47 bits per heavy atom. The summed E-state index contributed by atoms with van der Waals surface area (Å²) in [5.74, 6) is -1.76. The number of pyridine rings is 2. The highest BCUT2D eigenvalue weighted by Crippen LogP contribution is 2.29. The molecule has 0 aliphatic carbocycles. The summed E-state index contributed by atoms with van der Waals surface area (Å²) in [6.07, 6.45) is 3.33. The molecule has 3 aromatic heterocycles. The van der Waals surface area contributed by atoms with Crippen LogP contribution >= 0.6 is 0 Å². The van der Waals surface area contributed by atoms with E-state index in [1.54, 1.807) is 12.4 Å². The predicted molar refractivity (Wildman–Crippen MR) is 108 cm³/mol. The van der Waals surface area contributed by atoms with E-state index in [0.29, 0.717) is 11.4 Å². The average Bonchev–Trinajstić information content (AvgIpc) is 3.17. The largest absolute Gasteiger partial charge is 0.283 e. The molecular formula is C23H15F3N4. The first-order valence-electron chi connectivity index (χ1n) is 9.35. The number of halogens is 3. The van der Waals surface area contributed by atoms with E-state index < -0.39 is 17.5 Å². The van der Waals surface area contributed by atoms with Crippen LogP contribution in [0, 0.1) is 17.5 Å². The highest BCUT2D eigenvalue weighted by molar-refractivity contribution is 5.79. The molecule has 0 fully saturated rings. The van der Waals surface area contributed by atoms with Gasteiger partial charge in [-0.1, -0.05) is 19.1 Å². The molecule has 0 unspecified atom stereocenters. The van der Waals surface area contributed by atoms with Gasteiger partial charge in [-0.15, -0.1) is 10.2 Å². The third-order valence-corrected chi connectivity index (χ3v) is 5.20. The Balaban J connectivity index is 1.64. The summed E-state index contributed by atoms with van der Waals surface area (Å²) >= 11 is 0. The lowest BCUT2D eigenvalue weighted by atomic mass is 9.98. The minimum absolute atomic E-state index is 0.0555. The summed E-state index contributed by atoms with van der Waals surface area (Å²) in [6, 6.07) is 14.0. The molecule has 0 amide bonds. The van der Waals surface area contributed by atoms with Crippen LogP contribution in [0.25, 0.3) is 27.7 Å². The van der Waals surface area contributed by atoms with Gasteiger partial charge in [-0.2, -0.15) is 0 Å². The number of hydrogen-bond acceptors (Lipinski definition) is 3. The third kappa shape index (κ3) is 3.08. The molecule has 4 nitrogen and oxygen atoms in total. The molecule has 30 heavy (non-hydrogen) atoms. The molecule has 3 heterocycles. The minimum Gasteiger partial charge on any atom is -0.283 e. The zero-order chi connectivity index (χ0) is 20.8. The Morgan fingerprint density at radius 2 is 1.67 bits per heavy atom. The van der Waals surface area contributed by atoms with Crippen molar-refractivity contribution in [2.75, 3.05) is 0 Å². The molecule has 148 valence electrons. The van der Waals surface area contributed by atoms with E-state index >= 15 is 0 Å². The van der Waals surface area contributed by atoms with Crippen LogP contribution in [-0.2, 0) is 0 Å². The minimum atomic E-state index is -0.729. The maximum Gasteiger partial charge on any atom is 0.196 e. The monoisotopic (exact) mass is 404 g/mol. The van der Waals surface area contributed by atoms with Gasteiger partial charge in [0.15, 0.2) is 11.5 Å². The average molecular weight is 404 g/mol. The molecule has 0 aliphatic rings. The summed E-state index contributed by atoms with van der Waals surface area (Å²) in [5.41, 5.74) is 2.46. The van der Waals surface area contributed by atoms with E-state index in [1.807, 2.05) is 37.3 Å². The van der Waals surface area contributed by atoms with E-state index in [4.69, 9.17) is 0 Å². The first-order chi connectivity index (χ1) is 14.5. The highest BCUT2D eigenvalue weighted by Gasteiger charge is 2.19. The molecule has 0 N–H and O–H groups in total. The van der Waals surface area contributed by atoms with Gasteiger partial charge in [0.1, 0.15) is 17.5 Å². The van der Waals surface area contributed by atoms with Gasteiger partial charge in [0, 0.05) is 35.3 Å². The number of rotatable bonds is 3. The van der Waals surface area contributed by atoms with Crippen molar-refractivity contribution in [3.05, 3.63) is 95.8 Å². The number of nitrogens with zero attached hydrogens (tertiary/aromatic N) is 4. The normalized spacial score (nSPS) is 12.5. The zero-order valence-electron chi connectivity index (χ0n) is 15.9. The van der Waals surface area contributed by atoms with Crippen LogP contribution in [0.4, 0.5) is 13.2 Å². The second-order valence-corrected chi connectivity index (χ2v) is 7.16. The molecule has 0 aliphatic heterocycles. The van der Waals surface area contributed by atoms with Gasteiger partial charge < -0.3 is 0 Å². The molecule has 1 atom stereocenters. The Labute approximate surface area is 169 Å². The molecule has 0 radical (unpaired) electrons. The Hall–Kier alpha value is -3.74. The Bertz CT molecular complexity index is 1390. The van der Waals surface area contributed by atoms with Crippen LogP contribution in [0.5, 0.6) is 0 Å². The Kier molecular flexibility index (Phi) is 4.24. The second kappa shape index (κ2) is 6.95. The zero-order valence-corrected chi connectivity index (χ0v) is 15.9. The van der Waals surface area contributed by atoms with Gasteiger partial charge in [-0.3, -0.25) is 9.38 Å². The smallest absolute Gasteiger partial charge is 0.196 e. The highest BCUT2D eigenvalue weighted by atomic mass is 19.1. The number of fused-ring (bicyclic) bond motifs is 2. The maximum absolute atomic E-state index is 14.7. The van der Waals surface area contributed by atoms with Crippen LogP contribution in [0.2, 0.25) is 0 Å². The van der Waals surface area contributed by atoms with Crippen molar-refractivity contribution in [2.45, 2.75) is 12.8 Å². The maximum atomic E-state index is 14.7. The predicted octanol–water partition coefficient (Wildman–Crippen LogP) is 5.51. The number of hydrogen-bond donors (Lipinski definition) is 0. The first kappa shape index (κ1) is 18.3. The van der Waals surface area contributed by atoms with Gasteiger partial charge in [0.05, 0.1) is 5.52 Å². The number of benzene rings is 2. The first-order valence-corrected chi connectivity index (χ1v) is 9.35. The van der Waals surface area contributed by atoms with Crippen molar-refractivity contribution in [1.82, 2.24) is 19.6 Å². The van der Waals surface area contributed by atoms with Crippen molar-refractivity contribution in [3.63, 3.8) is 0 Å². The van der Waals surface area contributed by atoms with E-state index in [9.17, 15) is 13.2 Å². The molecular weight excluding hydrogens is 389 g/mol. The van der Waals surface area contributed by atoms with Crippen LogP contribution in [0.15, 0.2) is 67.0 Å². The lowest BCUT2D eigenvalue weighted by Crippen LogP contribution is -2.04. The van der Waals surface area contributed by atoms with E-state index in [2.05, 4.69) is 15.2 Å². The summed E-state index contributed by atoms with van der Waals surface area (Å²) in [7, 11) is 0. The second-order valence-electron chi connectivity index (χ2n) is 7.16. The molecule has 5 rings (SSSR count). The van der Waals surface area contributed by atoms with Crippen LogP contribution in [0.3, 0.4) is 0 Å².